The van der Waals surface area contributed by atoms with Crippen molar-refractivity contribution >= 4 is 23.2 Å². The van der Waals surface area contributed by atoms with E-state index in [2.05, 4.69) is 20.8 Å². The smallest absolute Gasteiger partial charge is 0.257 e. The summed E-state index contributed by atoms with van der Waals surface area (Å²) >= 11 is 0. The van der Waals surface area contributed by atoms with Crippen LogP contribution in [0.3, 0.4) is 0 Å². The van der Waals surface area contributed by atoms with Crippen molar-refractivity contribution in [1.82, 2.24) is 10.2 Å². The van der Waals surface area contributed by atoms with Gasteiger partial charge in [-0.2, -0.15) is 0 Å². The number of nitrogens with one attached hydrogen (secondary N) is 2. The van der Waals surface area contributed by atoms with Gasteiger partial charge in [-0.15, -0.1) is 10.2 Å². The Balaban J connectivity index is 1.55. The third-order valence-corrected chi connectivity index (χ3v) is 4.55. The number of carbonyl (C=O) groups excluding carboxylic acids is 2. The number of hydrogen-bond donors (Lipinski definition) is 2. The molecule has 0 fully saturated rings. The van der Waals surface area contributed by atoms with Crippen LogP contribution in [-0.4, -0.2) is 29.1 Å². The van der Waals surface area contributed by atoms with E-state index in [-0.39, 0.29) is 11.3 Å². The summed E-state index contributed by atoms with van der Waals surface area (Å²) in [5.41, 5.74) is 1.54. The molecule has 2 amide bonds. The van der Waals surface area contributed by atoms with Gasteiger partial charge >= 0.3 is 0 Å². The molecule has 0 unspecified atom stereocenters. The van der Waals surface area contributed by atoms with E-state index < -0.39 is 17.6 Å². The van der Waals surface area contributed by atoms with Crippen molar-refractivity contribution in [3.63, 3.8) is 0 Å². The lowest BCUT2D eigenvalue weighted by atomic mass is 10.1. The van der Waals surface area contributed by atoms with Crippen molar-refractivity contribution in [2.75, 3.05) is 17.7 Å². The number of methoxy groups -OCH3 is 1. The van der Waals surface area contributed by atoms with E-state index in [0.717, 1.165) is 12.1 Å². The van der Waals surface area contributed by atoms with Crippen LogP contribution in [0.25, 0.3) is 11.5 Å². The Morgan fingerprint density at radius 2 is 1.78 bits per heavy atom. The summed E-state index contributed by atoms with van der Waals surface area (Å²) < 4.78 is 24.1. The average molecular weight is 432 g/mol. The van der Waals surface area contributed by atoms with Crippen LogP contribution in [-0.2, 0) is 0 Å². The summed E-state index contributed by atoms with van der Waals surface area (Å²) in [6.45, 7) is 0. The fraction of sp³-hybridized carbons (Fsp3) is 0.0435. The van der Waals surface area contributed by atoms with E-state index in [1.54, 1.807) is 48.5 Å². The van der Waals surface area contributed by atoms with Gasteiger partial charge in [0.1, 0.15) is 11.6 Å². The predicted molar refractivity (Wildman–Crippen MR) is 115 cm³/mol. The molecule has 4 rings (SSSR count). The minimum absolute atomic E-state index is 0.0383. The molecule has 32 heavy (non-hydrogen) atoms. The number of halogens is 1. The van der Waals surface area contributed by atoms with Gasteiger partial charge in [0.2, 0.25) is 12.3 Å². The van der Waals surface area contributed by atoms with Crippen molar-refractivity contribution in [2.24, 2.45) is 0 Å². The second-order valence-corrected chi connectivity index (χ2v) is 6.65. The van der Waals surface area contributed by atoms with E-state index >= 15 is 0 Å². The Hall–Kier alpha value is -4.53. The van der Waals surface area contributed by atoms with Crippen LogP contribution in [0.5, 0.6) is 5.75 Å². The molecular weight excluding hydrogens is 415 g/mol. The molecule has 0 radical (unpaired) electrons. The Morgan fingerprint density at radius 3 is 2.50 bits per heavy atom. The summed E-state index contributed by atoms with van der Waals surface area (Å²) in [7, 11) is 1.52. The maximum absolute atomic E-state index is 13.9. The van der Waals surface area contributed by atoms with Gasteiger partial charge in [-0.05, 0) is 60.7 Å². The fourth-order valence-electron chi connectivity index (χ4n) is 2.98. The predicted octanol–water partition coefficient (Wildman–Crippen LogP) is 4.39. The maximum atomic E-state index is 13.9. The van der Waals surface area contributed by atoms with Gasteiger partial charge in [0.25, 0.3) is 11.8 Å². The van der Waals surface area contributed by atoms with Crippen LogP contribution in [0.15, 0.2) is 77.5 Å². The number of amides is 2. The molecule has 0 aliphatic heterocycles. The topological polar surface area (TPSA) is 106 Å². The molecular formula is C23H17FN4O4. The first-order valence-corrected chi connectivity index (χ1v) is 9.46. The van der Waals surface area contributed by atoms with Gasteiger partial charge < -0.3 is 19.8 Å². The molecule has 160 valence electrons. The summed E-state index contributed by atoms with van der Waals surface area (Å²) in [6, 6.07) is 16.7. The number of rotatable bonds is 6. The molecule has 9 heteroatoms. The molecule has 0 spiro atoms. The number of nitrogens with zero attached hydrogens (tertiary/aromatic N) is 2. The Bertz CT molecular complexity index is 1260. The number of aromatic nitrogens is 2. The van der Waals surface area contributed by atoms with Crippen LogP contribution in [0.2, 0.25) is 0 Å². The summed E-state index contributed by atoms with van der Waals surface area (Å²) in [5, 5.41) is 12.8. The molecule has 3 aromatic carbocycles. The fourth-order valence-corrected chi connectivity index (χ4v) is 2.98. The summed E-state index contributed by atoms with van der Waals surface area (Å²) in [6.07, 6.45) is 1.21. The van der Waals surface area contributed by atoms with Crippen LogP contribution in [0, 0.1) is 5.82 Å². The minimum Gasteiger partial charge on any atom is -0.497 e. The highest BCUT2D eigenvalue weighted by Crippen LogP contribution is 2.23. The van der Waals surface area contributed by atoms with Crippen molar-refractivity contribution in [3.8, 4) is 17.2 Å². The maximum Gasteiger partial charge on any atom is 0.257 e. The lowest BCUT2D eigenvalue weighted by molar-refractivity contribution is 0.102. The zero-order valence-corrected chi connectivity index (χ0v) is 16.8. The zero-order valence-electron chi connectivity index (χ0n) is 16.8. The largest absolute Gasteiger partial charge is 0.497 e. The molecule has 0 saturated carbocycles. The van der Waals surface area contributed by atoms with E-state index in [9.17, 15) is 14.0 Å². The van der Waals surface area contributed by atoms with E-state index in [1.807, 2.05) is 0 Å². The van der Waals surface area contributed by atoms with E-state index in [4.69, 9.17) is 9.15 Å². The standard InChI is InChI=1S/C23H17FN4O4/c1-31-18-8-5-14(6-9-18)21(29)27-20-12-16(24)7-10-19(20)22(30)26-17-4-2-3-15(11-17)23-28-25-13-32-23/h2-13H,1H3,(H,26,30)(H,27,29). The van der Waals surface area contributed by atoms with Crippen LogP contribution in [0.1, 0.15) is 20.7 Å². The third-order valence-electron chi connectivity index (χ3n) is 4.55. The number of carbonyl (C=O) groups is 2. The lowest BCUT2D eigenvalue weighted by Gasteiger charge is -2.12. The second kappa shape index (κ2) is 9.09. The van der Waals surface area contributed by atoms with E-state index in [0.29, 0.717) is 28.5 Å². The second-order valence-electron chi connectivity index (χ2n) is 6.65. The number of benzene rings is 3. The van der Waals surface area contributed by atoms with Gasteiger partial charge in [0.05, 0.1) is 18.4 Å². The van der Waals surface area contributed by atoms with Gasteiger partial charge in [0, 0.05) is 16.8 Å². The van der Waals surface area contributed by atoms with Crippen molar-refractivity contribution in [2.45, 2.75) is 0 Å². The van der Waals surface area contributed by atoms with Crippen LogP contribution < -0.4 is 15.4 Å². The molecule has 4 aromatic rings. The zero-order chi connectivity index (χ0) is 22.5. The molecule has 0 bridgehead atoms. The molecule has 0 atom stereocenters. The van der Waals surface area contributed by atoms with Crippen molar-refractivity contribution < 1.29 is 23.1 Å². The van der Waals surface area contributed by atoms with Gasteiger partial charge in [-0.3, -0.25) is 9.59 Å². The van der Waals surface area contributed by atoms with Crippen LogP contribution in [0.4, 0.5) is 15.8 Å². The Morgan fingerprint density at radius 1 is 0.969 bits per heavy atom. The SMILES string of the molecule is COc1ccc(C(=O)Nc2cc(F)ccc2C(=O)Nc2cccc(-c3nnco3)c2)cc1. The molecule has 8 nitrogen and oxygen atoms in total. The highest BCUT2D eigenvalue weighted by Gasteiger charge is 2.16. The Kier molecular flexibility index (Phi) is 5.89. The average Bonchev–Trinajstić information content (AvgIpc) is 3.34. The number of anilines is 2. The monoisotopic (exact) mass is 432 g/mol. The molecule has 0 saturated heterocycles. The van der Waals surface area contributed by atoms with E-state index in [1.165, 1.54) is 19.6 Å². The third kappa shape index (κ3) is 4.62. The van der Waals surface area contributed by atoms with Crippen molar-refractivity contribution in [3.05, 3.63) is 90.1 Å². The highest BCUT2D eigenvalue weighted by atomic mass is 19.1. The summed E-state index contributed by atoms with van der Waals surface area (Å²) in [5.74, 6) is -0.723. The minimum atomic E-state index is -0.593. The molecule has 0 aliphatic carbocycles. The lowest BCUT2D eigenvalue weighted by Crippen LogP contribution is -2.18. The molecule has 2 N–H and O–H groups in total. The first kappa shape index (κ1) is 20.7. The molecule has 1 aromatic heterocycles. The number of hydrogen-bond acceptors (Lipinski definition) is 6. The Labute approximate surface area is 182 Å². The summed E-state index contributed by atoms with van der Waals surface area (Å²) in [4.78, 5) is 25.5. The molecule has 1 heterocycles. The quantitative estimate of drug-likeness (QED) is 0.468. The highest BCUT2D eigenvalue weighted by molar-refractivity contribution is 6.12. The molecule has 0 aliphatic rings. The van der Waals surface area contributed by atoms with Gasteiger partial charge in [-0.1, -0.05) is 6.07 Å². The van der Waals surface area contributed by atoms with Gasteiger partial charge in [0.15, 0.2) is 0 Å². The first-order chi connectivity index (χ1) is 15.5. The normalized spacial score (nSPS) is 10.4. The van der Waals surface area contributed by atoms with Crippen molar-refractivity contribution in [1.29, 1.82) is 0 Å². The van der Waals surface area contributed by atoms with Gasteiger partial charge in [-0.25, -0.2) is 4.39 Å². The number of ether oxygens (including phenoxy) is 1. The van der Waals surface area contributed by atoms with Crippen LogP contribution >= 0.6 is 0 Å². The first-order valence-electron chi connectivity index (χ1n) is 9.46.